The average molecular weight is 472 g/mol. The van der Waals surface area contributed by atoms with Crippen LogP contribution in [0.3, 0.4) is 0 Å². The van der Waals surface area contributed by atoms with Crippen molar-refractivity contribution in [2.24, 2.45) is 0 Å². The van der Waals surface area contributed by atoms with E-state index in [1.807, 2.05) is 72.2 Å². The molecule has 0 unspecified atom stereocenters. The number of hydrogen-bond acceptors (Lipinski definition) is 3. The summed E-state index contributed by atoms with van der Waals surface area (Å²) in [6, 6.07) is 22.1. The largest absolute Gasteiger partial charge is 0.334 e. The van der Waals surface area contributed by atoms with Crippen LogP contribution in [-0.4, -0.2) is 51.9 Å². The van der Waals surface area contributed by atoms with Crippen LogP contribution in [0.25, 0.3) is 10.2 Å². The second-order valence-electron chi connectivity index (χ2n) is 9.13. The lowest BCUT2D eigenvalue weighted by Gasteiger charge is -2.40. The van der Waals surface area contributed by atoms with Crippen molar-refractivity contribution in [2.45, 2.75) is 32.9 Å². The van der Waals surface area contributed by atoms with Crippen molar-refractivity contribution in [1.29, 1.82) is 0 Å². The van der Waals surface area contributed by atoms with E-state index in [1.165, 1.54) is 5.56 Å². The van der Waals surface area contributed by atoms with Gasteiger partial charge in [-0.1, -0.05) is 48.0 Å². The number of fused-ring (bicyclic) bond motifs is 1. The summed E-state index contributed by atoms with van der Waals surface area (Å²) >= 11 is 1.66. The van der Waals surface area contributed by atoms with Gasteiger partial charge in [0.05, 0.1) is 6.04 Å². The van der Waals surface area contributed by atoms with Crippen LogP contribution in [0, 0.1) is 6.92 Å². The third kappa shape index (κ3) is 4.03. The van der Waals surface area contributed by atoms with E-state index >= 15 is 0 Å². The topological polar surface area (TPSA) is 45.6 Å². The summed E-state index contributed by atoms with van der Waals surface area (Å²) in [4.78, 5) is 31.7. The molecule has 0 aliphatic carbocycles. The number of hydrogen-bond donors (Lipinski definition) is 0. The zero-order chi connectivity index (χ0) is 23.8. The molecule has 5 nitrogen and oxygen atoms in total. The summed E-state index contributed by atoms with van der Waals surface area (Å²) < 4.78 is 2.17. The first-order valence-electron chi connectivity index (χ1n) is 11.7. The number of amides is 2. The van der Waals surface area contributed by atoms with E-state index in [4.69, 9.17) is 0 Å². The summed E-state index contributed by atoms with van der Waals surface area (Å²) in [5.74, 6) is 0.0571. The number of carbonyl (C=O) groups is 2. The first kappa shape index (κ1) is 22.4. The Balaban J connectivity index is 1.39. The maximum atomic E-state index is 13.8. The van der Waals surface area contributed by atoms with Crippen molar-refractivity contribution in [2.75, 3.05) is 19.6 Å². The number of nitrogens with zero attached hydrogens (tertiary/aromatic N) is 3. The number of thiophene rings is 1. The molecule has 2 atom stereocenters. The van der Waals surface area contributed by atoms with E-state index < -0.39 is 0 Å². The standard InChI is InChI=1S/C28H29N3O2S/c1-19-9-11-23(12-10-19)26(32)30-15-14-29(18-20(30)2)27(33)25-17-24-13-16-34-28(24)31(25)21(3)22-7-5-4-6-8-22/h4-13,16-17,20-21H,14-15,18H2,1-3H3/t20-,21-/m1/s1. The highest BCUT2D eigenvalue weighted by Crippen LogP contribution is 2.32. The molecule has 1 aliphatic rings. The van der Waals surface area contributed by atoms with Gasteiger partial charge in [0, 0.05) is 36.6 Å². The van der Waals surface area contributed by atoms with Crippen molar-refractivity contribution < 1.29 is 9.59 Å². The van der Waals surface area contributed by atoms with E-state index in [1.54, 1.807) is 11.3 Å². The monoisotopic (exact) mass is 471 g/mol. The van der Waals surface area contributed by atoms with Crippen LogP contribution in [0.4, 0.5) is 0 Å². The lowest BCUT2D eigenvalue weighted by molar-refractivity contribution is 0.0409. The van der Waals surface area contributed by atoms with Gasteiger partial charge < -0.3 is 14.4 Å². The molecule has 0 saturated carbocycles. The van der Waals surface area contributed by atoms with Crippen LogP contribution < -0.4 is 0 Å². The number of piperazine rings is 1. The second-order valence-corrected chi connectivity index (χ2v) is 10.0. The first-order chi connectivity index (χ1) is 16.4. The van der Waals surface area contributed by atoms with Crippen LogP contribution in [0.15, 0.2) is 72.1 Å². The molecule has 5 rings (SSSR count). The smallest absolute Gasteiger partial charge is 0.270 e. The fraction of sp³-hybridized carbons (Fsp3) is 0.286. The average Bonchev–Trinajstić information content (AvgIpc) is 3.45. The Morgan fingerprint density at radius 2 is 1.71 bits per heavy atom. The maximum Gasteiger partial charge on any atom is 0.270 e. The summed E-state index contributed by atoms with van der Waals surface area (Å²) in [5, 5.41) is 3.17. The molecule has 0 N–H and O–H groups in total. The Morgan fingerprint density at radius 3 is 2.41 bits per heavy atom. The zero-order valence-electron chi connectivity index (χ0n) is 19.8. The van der Waals surface area contributed by atoms with E-state index in [0.29, 0.717) is 30.9 Å². The molecule has 0 spiro atoms. The predicted octanol–water partition coefficient (Wildman–Crippen LogP) is 5.61. The highest BCUT2D eigenvalue weighted by atomic mass is 32.1. The van der Waals surface area contributed by atoms with Crippen molar-refractivity contribution in [3.63, 3.8) is 0 Å². The van der Waals surface area contributed by atoms with Gasteiger partial charge in [-0.05, 0) is 56.0 Å². The molecule has 6 heteroatoms. The van der Waals surface area contributed by atoms with Gasteiger partial charge in [-0.3, -0.25) is 9.59 Å². The van der Waals surface area contributed by atoms with Gasteiger partial charge in [-0.2, -0.15) is 0 Å². The molecule has 1 fully saturated rings. The molecule has 3 heterocycles. The molecular weight excluding hydrogens is 442 g/mol. The molecule has 4 aromatic rings. The molecular formula is C28H29N3O2S. The van der Waals surface area contributed by atoms with Gasteiger partial charge in [0.2, 0.25) is 0 Å². The van der Waals surface area contributed by atoms with Crippen molar-refractivity contribution in [3.8, 4) is 0 Å². The van der Waals surface area contributed by atoms with Gasteiger partial charge in [-0.15, -0.1) is 11.3 Å². The third-order valence-electron chi connectivity index (χ3n) is 6.81. The molecule has 2 aromatic carbocycles. The molecule has 2 amide bonds. The van der Waals surface area contributed by atoms with Crippen LogP contribution >= 0.6 is 11.3 Å². The predicted molar refractivity (Wildman–Crippen MR) is 138 cm³/mol. The molecule has 0 radical (unpaired) electrons. The Hall–Kier alpha value is -3.38. The molecule has 174 valence electrons. The zero-order valence-corrected chi connectivity index (χ0v) is 20.6. The maximum absolute atomic E-state index is 13.8. The van der Waals surface area contributed by atoms with Crippen molar-refractivity contribution in [3.05, 3.63) is 94.5 Å². The minimum atomic E-state index is -0.0532. The summed E-state index contributed by atoms with van der Waals surface area (Å²) in [7, 11) is 0. The summed E-state index contributed by atoms with van der Waals surface area (Å²) in [5.41, 5.74) is 3.71. The molecule has 0 bridgehead atoms. The number of benzene rings is 2. The molecule has 34 heavy (non-hydrogen) atoms. The van der Waals surface area contributed by atoms with Crippen LogP contribution in [-0.2, 0) is 0 Å². The summed E-state index contributed by atoms with van der Waals surface area (Å²) in [6.45, 7) is 7.76. The number of aromatic nitrogens is 1. The minimum absolute atomic E-state index is 0.0282. The number of carbonyl (C=O) groups excluding carboxylic acids is 2. The van der Waals surface area contributed by atoms with Crippen molar-refractivity contribution in [1.82, 2.24) is 14.4 Å². The van der Waals surface area contributed by atoms with Gasteiger partial charge >= 0.3 is 0 Å². The fourth-order valence-corrected chi connectivity index (χ4v) is 5.82. The van der Waals surface area contributed by atoms with E-state index in [2.05, 4.69) is 35.1 Å². The number of rotatable bonds is 4. The Labute approximate surface area is 204 Å². The Bertz CT molecular complexity index is 1320. The SMILES string of the molecule is Cc1ccc(C(=O)N2CCN(C(=O)c3cc4ccsc4n3[C@H](C)c3ccccc3)C[C@H]2C)cc1. The lowest BCUT2D eigenvalue weighted by atomic mass is 10.1. The van der Waals surface area contributed by atoms with Gasteiger partial charge in [0.1, 0.15) is 10.5 Å². The van der Waals surface area contributed by atoms with Gasteiger partial charge in [0.25, 0.3) is 11.8 Å². The second kappa shape index (κ2) is 9.11. The van der Waals surface area contributed by atoms with Crippen LogP contribution in [0.5, 0.6) is 0 Å². The normalized spacial score (nSPS) is 17.2. The number of aryl methyl sites for hydroxylation is 1. The van der Waals surface area contributed by atoms with Gasteiger partial charge in [0.15, 0.2) is 0 Å². The third-order valence-corrected chi connectivity index (χ3v) is 7.74. The quantitative estimate of drug-likeness (QED) is 0.389. The lowest BCUT2D eigenvalue weighted by Crippen LogP contribution is -2.55. The highest BCUT2D eigenvalue weighted by molar-refractivity contribution is 7.16. The van der Waals surface area contributed by atoms with Crippen molar-refractivity contribution >= 4 is 33.4 Å². The van der Waals surface area contributed by atoms with Crippen LogP contribution in [0.1, 0.15) is 51.9 Å². The summed E-state index contributed by atoms with van der Waals surface area (Å²) in [6.07, 6.45) is 0. The van der Waals surface area contributed by atoms with E-state index in [9.17, 15) is 9.59 Å². The molecule has 2 aromatic heterocycles. The molecule has 1 saturated heterocycles. The molecule has 1 aliphatic heterocycles. The van der Waals surface area contributed by atoms with E-state index in [-0.39, 0.29) is 23.9 Å². The minimum Gasteiger partial charge on any atom is -0.334 e. The van der Waals surface area contributed by atoms with E-state index in [0.717, 1.165) is 15.8 Å². The highest BCUT2D eigenvalue weighted by Gasteiger charge is 2.32. The van der Waals surface area contributed by atoms with Crippen LogP contribution in [0.2, 0.25) is 0 Å². The Kier molecular flexibility index (Phi) is 6.00. The van der Waals surface area contributed by atoms with Gasteiger partial charge in [-0.25, -0.2) is 0 Å². The first-order valence-corrected chi connectivity index (χ1v) is 12.6. The fourth-order valence-electron chi connectivity index (χ4n) is 4.84. The Morgan fingerprint density at radius 1 is 0.971 bits per heavy atom.